The van der Waals surface area contributed by atoms with Gasteiger partial charge in [-0.3, -0.25) is 24.3 Å². The first-order valence-electron chi connectivity index (χ1n) is 8.37. The van der Waals surface area contributed by atoms with Gasteiger partial charge in [-0.25, -0.2) is 4.98 Å². The summed E-state index contributed by atoms with van der Waals surface area (Å²) in [5.41, 5.74) is 1.31. The molecule has 0 spiro atoms. The van der Waals surface area contributed by atoms with E-state index in [9.17, 15) is 14.4 Å². The fraction of sp³-hybridized carbons (Fsp3) is 0.444. The summed E-state index contributed by atoms with van der Waals surface area (Å²) in [6, 6.07) is 4.91. The van der Waals surface area contributed by atoms with Gasteiger partial charge < -0.3 is 0 Å². The molecule has 1 unspecified atom stereocenters. The second kappa shape index (κ2) is 6.55. The van der Waals surface area contributed by atoms with Gasteiger partial charge in [-0.1, -0.05) is 25.5 Å². The molecule has 1 N–H and O–H groups in total. The van der Waals surface area contributed by atoms with E-state index in [2.05, 4.69) is 17.2 Å². The number of hydrogen-bond donors (Lipinski definition) is 1. The molecule has 1 aromatic carbocycles. The molecule has 2 amide bonds. The second-order valence-electron chi connectivity index (χ2n) is 6.24. The summed E-state index contributed by atoms with van der Waals surface area (Å²) in [6.07, 6.45) is 3.06. The van der Waals surface area contributed by atoms with Crippen molar-refractivity contribution in [1.82, 2.24) is 14.9 Å². The van der Waals surface area contributed by atoms with Crippen molar-refractivity contribution in [3.63, 3.8) is 0 Å². The number of fused-ring (bicyclic) bond motifs is 1. The Hall–Kier alpha value is -2.50. The Labute approximate surface area is 139 Å². The molecule has 1 aromatic heterocycles. The summed E-state index contributed by atoms with van der Waals surface area (Å²) in [4.78, 5) is 41.5. The standard InChI is InChI=1S/C18H21N3O3/c1-3-4-8-14-19-12-7-5-6-11(2)16(12)18(24)21(14)13-9-10-15(22)20-17(13)23/h5-7,13H,3-4,8-10H2,1-2H3,(H,20,22,23). The van der Waals surface area contributed by atoms with Gasteiger partial charge in [0.25, 0.3) is 5.56 Å². The van der Waals surface area contributed by atoms with Gasteiger partial charge in [-0.15, -0.1) is 0 Å². The molecule has 6 heteroatoms. The van der Waals surface area contributed by atoms with Crippen LogP contribution in [0, 0.1) is 6.92 Å². The van der Waals surface area contributed by atoms with E-state index in [1.54, 1.807) is 0 Å². The number of aromatic nitrogens is 2. The fourth-order valence-corrected chi connectivity index (χ4v) is 3.22. The van der Waals surface area contributed by atoms with Crippen molar-refractivity contribution in [3.05, 3.63) is 39.9 Å². The highest BCUT2D eigenvalue weighted by Crippen LogP contribution is 2.22. The first-order valence-corrected chi connectivity index (χ1v) is 8.37. The summed E-state index contributed by atoms with van der Waals surface area (Å²) in [6.45, 7) is 3.94. The van der Waals surface area contributed by atoms with Crippen molar-refractivity contribution in [2.75, 3.05) is 0 Å². The Bertz CT molecular complexity index is 870. The fourth-order valence-electron chi connectivity index (χ4n) is 3.22. The van der Waals surface area contributed by atoms with Gasteiger partial charge in [-0.05, 0) is 31.4 Å². The Morgan fingerprint density at radius 1 is 1.29 bits per heavy atom. The third kappa shape index (κ3) is 2.84. The largest absolute Gasteiger partial charge is 0.295 e. The van der Waals surface area contributed by atoms with E-state index < -0.39 is 11.9 Å². The molecule has 1 atom stereocenters. The Balaban J connectivity index is 2.21. The lowest BCUT2D eigenvalue weighted by molar-refractivity contribution is -0.135. The highest BCUT2D eigenvalue weighted by molar-refractivity contribution is 5.99. The molecule has 1 fully saturated rings. The Morgan fingerprint density at radius 2 is 2.08 bits per heavy atom. The van der Waals surface area contributed by atoms with Gasteiger partial charge in [0.05, 0.1) is 10.9 Å². The summed E-state index contributed by atoms with van der Waals surface area (Å²) in [5, 5.41) is 2.88. The molecule has 3 rings (SSSR count). The van der Waals surface area contributed by atoms with Crippen molar-refractivity contribution in [1.29, 1.82) is 0 Å². The van der Waals surface area contributed by atoms with Crippen LogP contribution >= 0.6 is 0 Å². The molecule has 2 heterocycles. The quantitative estimate of drug-likeness (QED) is 0.871. The smallest absolute Gasteiger partial charge is 0.262 e. The maximum atomic E-state index is 13.1. The van der Waals surface area contributed by atoms with Crippen molar-refractivity contribution >= 4 is 22.7 Å². The third-order valence-corrected chi connectivity index (χ3v) is 4.49. The lowest BCUT2D eigenvalue weighted by atomic mass is 10.0. The van der Waals surface area contributed by atoms with Crippen molar-refractivity contribution in [2.24, 2.45) is 0 Å². The molecule has 0 radical (unpaired) electrons. The minimum Gasteiger partial charge on any atom is -0.295 e. The number of carbonyl (C=O) groups excluding carboxylic acids is 2. The molecular weight excluding hydrogens is 306 g/mol. The summed E-state index contributed by atoms with van der Waals surface area (Å²) in [7, 11) is 0. The maximum absolute atomic E-state index is 13.1. The van der Waals surface area contributed by atoms with Gasteiger partial charge in [-0.2, -0.15) is 0 Å². The lowest BCUT2D eigenvalue weighted by Crippen LogP contribution is -2.45. The number of unbranched alkanes of at least 4 members (excludes halogenated alkanes) is 1. The number of carbonyl (C=O) groups is 2. The normalized spacial score (nSPS) is 18.0. The van der Waals surface area contributed by atoms with Gasteiger partial charge in [0.2, 0.25) is 11.8 Å². The van der Waals surface area contributed by atoms with Crippen LogP contribution < -0.4 is 10.9 Å². The summed E-state index contributed by atoms with van der Waals surface area (Å²) < 4.78 is 1.51. The van der Waals surface area contributed by atoms with Gasteiger partial charge in [0.15, 0.2) is 0 Å². The predicted molar refractivity (Wildman–Crippen MR) is 90.8 cm³/mol. The van der Waals surface area contributed by atoms with Crippen molar-refractivity contribution in [3.8, 4) is 0 Å². The molecule has 2 aromatic rings. The molecule has 6 nitrogen and oxygen atoms in total. The number of benzene rings is 1. The first-order chi connectivity index (χ1) is 11.5. The number of piperidine rings is 1. The molecule has 0 bridgehead atoms. The molecule has 1 aliphatic rings. The minimum atomic E-state index is -0.668. The van der Waals surface area contributed by atoms with E-state index in [1.807, 2.05) is 25.1 Å². The van der Waals surface area contributed by atoms with Gasteiger partial charge in [0.1, 0.15) is 11.9 Å². The molecular formula is C18H21N3O3. The zero-order chi connectivity index (χ0) is 17.3. The maximum Gasteiger partial charge on any atom is 0.262 e. The lowest BCUT2D eigenvalue weighted by Gasteiger charge is -2.25. The monoisotopic (exact) mass is 327 g/mol. The molecule has 24 heavy (non-hydrogen) atoms. The van der Waals surface area contributed by atoms with Crippen LogP contribution in [0.15, 0.2) is 23.0 Å². The van der Waals surface area contributed by atoms with Gasteiger partial charge in [0, 0.05) is 12.8 Å². The van der Waals surface area contributed by atoms with Crippen molar-refractivity contribution < 1.29 is 9.59 Å². The SMILES string of the molecule is CCCCc1nc2cccc(C)c2c(=O)n1C1CCC(=O)NC1=O. The Kier molecular flexibility index (Phi) is 4.46. The number of nitrogens with zero attached hydrogens (tertiary/aromatic N) is 2. The molecule has 0 aliphatic carbocycles. The number of rotatable bonds is 4. The Morgan fingerprint density at radius 3 is 2.79 bits per heavy atom. The van der Waals surface area contributed by atoms with Crippen LogP contribution in [0.2, 0.25) is 0 Å². The molecule has 1 aliphatic heterocycles. The second-order valence-corrected chi connectivity index (χ2v) is 6.24. The summed E-state index contributed by atoms with van der Waals surface area (Å²) in [5.74, 6) is -0.0837. The van der Waals surface area contributed by atoms with Crippen LogP contribution in [0.5, 0.6) is 0 Å². The topological polar surface area (TPSA) is 81.1 Å². The third-order valence-electron chi connectivity index (χ3n) is 4.49. The van der Waals surface area contributed by atoms with E-state index >= 15 is 0 Å². The molecule has 126 valence electrons. The highest BCUT2D eigenvalue weighted by Gasteiger charge is 2.31. The van der Waals surface area contributed by atoms with E-state index in [0.717, 1.165) is 18.4 Å². The van der Waals surface area contributed by atoms with E-state index in [0.29, 0.717) is 29.6 Å². The first kappa shape index (κ1) is 16.4. The van der Waals surface area contributed by atoms with E-state index in [4.69, 9.17) is 0 Å². The van der Waals surface area contributed by atoms with Crippen LogP contribution in [0.4, 0.5) is 0 Å². The van der Waals surface area contributed by atoms with Crippen LogP contribution in [0.25, 0.3) is 10.9 Å². The van der Waals surface area contributed by atoms with Gasteiger partial charge >= 0.3 is 0 Å². The average Bonchev–Trinajstić information content (AvgIpc) is 2.54. The predicted octanol–water partition coefficient (Wildman–Crippen LogP) is 2.03. The van der Waals surface area contributed by atoms with Crippen LogP contribution in [-0.4, -0.2) is 21.4 Å². The zero-order valence-electron chi connectivity index (χ0n) is 14.0. The van der Waals surface area contributed by atoms with Crippen LogP contribution in [0.1, 0.15) is 50.0 Å². The number of hydrogen-bond acceptors (Lipinski definition) is 4. The highest BCUT2D eigenvalue weighted by atomic mass is 16.2. The van der Waals surface area contributed by atoms with Crippen LogP contribution in [-0.2, 0) is 16.0 Å². The van der Waals surface area contributed by atoms with Crippen LogP contribution in [0.3, 0.4) is 0 Å². The molecule has 1 saturated heterocycles. The van der Waals surface area contributed by atoms with Crippen molar-refractivity contribution in [2.45, 2.75) is 52.0 Å². The summed E-state index contributed by atoms with van der Waals surface area (Å²) >= 11 is 0. The number of imide groups is 1. The van der Waals surface area contributed by atoms with E-state index in [-0.39, 0.29) is 17.9 Å². The van der Waals surface area contributed by atoms with E-state index in [1.165, 1.54) is 4.57 Å². The minimum absolute atomic E-state index is 0.196. The molecule has 0 saturated carbocycles. The zero-order valence-corrected chi connectivity index (χ0v) is 14.0. The average molecular weight is 327 g/mol. The number of aryl methyl sites for hydroxylation is 2. The number of amides is 2. The number of nitrogens with one attached hydrogen (secondary N) is 1.